The number of carbonyl (C=O) groups is 2. The first-order valence-electron chi connectivity index (χ1n) is 9.77. The van der Waals surface area contributed by atoms with Crippen molar-refractivity contribution in [1.29, 1.82) is 0 Å². The number of hydrogen-bond donors (Lipinski definition) is 0. The number of benzene rings is 2. The summed E-state index contributed by atoms with van der Waals surface area (Å²) < 4.78 is 0. The summed E-state index contributed by atoms with van der Waals surface area (Å²) in [6.45, 7) is 5.41. The summed E-state index contributed by atoms with van der Waals surface area (Å²) in [7, 11) is 2.09. The van der Waals surface area contributed by atoms with Gasteiger partial charge in [0.2, 0.25) is 5.91 Å². The molecule has 1 atom stereocenters. The molecule has 0 saturated carbocycles. The average molecular weight is 362 g/mol. The number of fused-ring (bicyclic) bond motifs is 2. The van der Waals surface area contributed by atoms with Crippen molar-refractivity contribution < 1.29 is 9.59 Å². The predicted molar refractivity (Wildman–Crippen MR) is 106 cm³/mol. The third-order valence-electron chi connectivity index (χ3n) is 5.98. The van der Waals surface area contributed by atoms with Gasteiger partial charge in [-0.25, -0.2) is 0 Å². The lowest BCUT2D eigenvalue weighted by Gasteiger charge is -2.34. The Kier molecular flexibility index (Phi) is 4.83. The van der Waals surface area contributed by atoms with Gasteiger partial charge in [0.25, 0.3) is 0 Å². The van der Waals surface area contributed by atoms with E-state index in [1.54, 1.807) is 0 Å². The molecule has 1 fully saturated rings. The fourth-order valence-electron chi connectivity index (χ4n) is 4.13. The number of piperazine rings is 1. The Balaban J connectivity index is 1.58. The Hall–Kier alpha value is -2.46. The molecule has 1 heterocycles. The highest BCUT2D eigenvalue weighted by atomic mass is 16.2. The van der Waals surface area contributed by atoms with Crippen molar-refractivity contribution in [2.75, 3.05) is 33.2 Å². The van der Waals surface area contributed by atoms with Gasteiger partial charge in [0, 0.05) is 37.3 Å². The summed E-state index contributed by atoms with van der Waals surface area (Å²) in [4.78, 5) is 30.1. The maximum Gasteiger partial charge on any atom is 0.229 e. The summed E-state index contributed by atoms with van der Waals surface area (Å²) in [5, 5.41) is 0. The predicted octanol–water partition coefficient (Wildman–Crippen LogP) is 2.89. The van der Waals surface area contributed by atoms with Crippen molar-refractivity contribution >= 4 is 11.7 Å². The SMILES string of the molecule is CC(C(=O)N1CCN(C)CC1)c1ccc2c(c1)CCc1ccccc1C2=O. The first kappa shape index (κ1) is 17.9. The molecule has 1 unspecified atom stereocenters. The van der Waals surface area contributed by atoms with E-state index in [1.165, 1.54) is 0 Å². The summed E-state index contributed by atoms with van der Waals surface area (Å²) in [5.41, 5.74) is 4.78. The largest absolute Gasteiger partial charge is 0.340 e. The molecule has 1 amide bonds. The second-order valence-electron chi connectivity index (χ2n) is 7.75. The van der Waals surface area contributed by atoms with E-state index in [2.05, 4.69) is 18.0 Å². The highest BCUT2D eigenvalue weighted by Gasteiger charge is 2.26. The Morgan fingerprint density at radius 2 is 1.59 bits per heavy atom. The lowest BCUT2D eigenvalue weighted by Crippen LogP contribution is -2.48. The molecule has 2 aromatic carbocycles. The van der Waals surface area contributed by atoms with Gasteiger partial charge in [-0.3, -0.25) is 9.59 Å². The molecule has 0 radical (unpaired) electrons. The number of hydrogen-bond acceptors (Lipinski definition) is 3. The van der Waals surface area contributed by atoms with Crippen LogP contribution in [0.5, 0.6) is 0 Å². The summed E-state index contributed by atoms with van der Waals surface area (Å²) in [6, 6.07) is 13.8. The zero-order valence-electron chi connectivity index (χ0n) is 16.1. The second-order valence-corrected chi connectivity index (χ2v) is 7.75. The number of carbonyl (C=O) groups excluding carboxylic acids is 2. The molecule has 4 nitrogen and oxygen atoms in total. The van der Waals surface area contributed by atoms with E-state index < -0.39 is 0 Å². The minimum atomic E-state index is -0.181. The highest BCUT2D eigenvalue weighted by Crippen LogP contribution is 2.28. The smallest absolute Gasteiger partial charge is 0.229 e. The molecule has 2 aliphatic rings. The van der Waals surface area contributed by atoms with Crippen LogP contribution in [0.1, 0.15) is 45.5 Å². The van der Waals surface area contributed by atoms with Crippen molar-refractivity contribution in [2.45, 2.75) is 25.7 Å². The number of likely N-dealkylation sites (N-methyl/N-ethyl adjacent to an activating group) is 1. The van der Waals surface area contributed by atoms with Crippen LogP contribution in [0.2, 0.25) is 0 Å². The van der Waals surface area contributed by atoms with Crippen LogP contribution < -0.4 is 0 Å². The molecule has 1 saturated heterocycles. The van der Waals surface area contributed by atoms with Gasteiger partial charge in [-0.1, -0.05) is 42.5 Å². The zero-order chi connectivity index (χ0) is 19.0. The van der Waals surface area contributed by atoms with Gasteiger partial charge in [-0.15, -0.1) is 0 Å². The lowest BCUT2D eigenvalue weighted by molar-refractivity contribution is -0.134. The van der Waals surface area contributed by atoms with Crippen molar-refractivity contribution in [2.24, 2.45) is 0 Å². The number of ketones is 1. The molecule has 0 spiro atoms. The fourth-order valence-corrected chi connectivity index (χ4v) is 4.13. The number of rotatable bonds is 2. The Labute approximate surface area is 160 Å². The van der Waals surface area contributed by atoms with E-state index in [0.29, 0.717) is 0 Å². The molecular weight excluding hydrogens is 336 g/mol. The van der Waals surface area contributed by atoms with Gasteiger partial charge >= 0.3 is 0 Å². The van der Waals surface area contributed by atoms with Crippen LogP contribution in [0.25, 0.3) is 0 Å². The normalized spacial score (nSPS) is 18.4. The molecule has 0 bridgehead atoms. The maximum atomic E-state index is 12.9. The number of nitrogens with zero attached hydrogens (tertiary/aromatic N) is 2. The maximum absolute atomic E-state index is 12.9. The van der Waals surface area contributed by atoms with Crippen molar-refractivity contribution in [3.63, 3.8) is 0 Å². The number of amides is 1. The Morgan fingerprint density at radius 3 is 2.37 bits per heavy atom. The molecule has 0 N–H and O–H groups in total. The van der Waals surface area contributed by atoms with Crippen LogP contribution >= 0.6 is 0 Å². The Bertz CT molecular complexity index is 882. The van der Waals surface area contributed by atoms with Crippen molar-refractivity contribution in [3.8, 4) is 0 Å². The van der Waals surface area contributed by atoms with E-state index in [4.69, 9.17) is 0 Å². The van der Waals surface area contributed by atoms with Crippen LogP contribution in [0.15, 0.2) is 42.5 Å². The average Bonchev–Trinajstić information content (AvgIpc) is 2.84. The molecule has 0 aromatic heterocycles. The van der Waals surface area contributed by atoms with Gasteiger partial charge in [0.15, 0.2) is 5.78 Å². The van der Waals surface area contributed by atoms with E-state index in [0.717, 1.165) is 66.8 Å². The third kappa shape index (κ3) is 3.42. The van der Waals surface area contributed by atoms with Crippen LogP contribution in [-0.4, -0.2) is 54.7 Å². The quantitative estimate of drug-likeness (QED) is 0.825. The van der Waals surface area contributed by atoms with E-state index in [9.17, 15) is 9.59 Å². The zero-order valence-corrected chi connectivity index (χ0v) is 16.1. The molecule has 4 rings (SSSR count). The van der Waals surface area contributed by atoms with Crippen LogP contribution in [-0.2, 0) is 17.6 Å². The van der Waals surface area contributed by atoms with Crippen LogP contribution in [0.4, 0.5) is 0 Å². The molecule has 140 valence electrons. The highest BCUT2D eigenvalue weighted by molar-refractivity contribution is 6.11. The van der Waals surface area contributed by atoms with Gasteiger partial charge in [-0.05, 0) is 43.5 Å². The second kappa shape index (κ2) is 7.28. The van der Waals surface area contributed by atoms with Gasteiger partial charge in [0.1, 0.15) is 0 Å². The minimum absolute atomic E-state index is 0.0997. The fraction of sp³-hybridized carbons (Fsp3) is 0.391. The van der Waals surface area contributed by atoms with E-state index in [1.807, 2.05) is 48.2 Å². The Morgan fingerprint density at radius 1 is 0.926 bits per heavy atom. The summed E-state index contributed by atoms with van der Waals surface area (Å²) >= 11 is 0. The monoisotopic (exact) mass is 362 g/mol. The third-order valence-corrected chi connectivity index (χ3v) is 5.98. The van der Waals surface area contributed by atoms with Gasteiger partial charge in [-0.2, -0.15) is 0 Å². The molecule has 4 heteroatoms. The van der Waals surface area contributed by atoms with E-state index in [-0.39, 0.29) is 17.6 Å². The molecule has 1 aliphatic heterocycles. The lowest BCUT2D eigenvalue weighted by atomic mass is 9.92. The summed E-state index contributed by atoms with van der Waals surface area (Å²) in [6.07, 6.45) is 1.69. The number of aryl methyl sites for hydroxylation is 2. The molecule has 2 aromatic rings. The minimum Gasteiger partial charge on any atom is -0.340 e. The van der Waals surface area contributed by atoms with Gasteiger partial charge in [0.05, 0.1) is 5.92 Å². The molecule has 1 aliphatic carbocycles. The van der Waals surface area contributed by atoms with Gasteiger partial charge < -0.3 is 9.80 Å². The van der Waals surface area contributed by atoms with Crippen molar-refractivity contribution in [1.82, 2.24) is 9.80 Å². The first-order valence-corrected chi connectivity index (χ1v) is 9.77. The van der Waals surface area contributed by atoms with Crippen LogP contribution in [0, 0.1) is 0 Å². The van der Waals surface area contributed by atoms with Crippen LogP contribution in [0.3, 0.4) is 0 Å². The van der Waals surface area contributed by atoms with E-state index >= 15 is 0 Å². The molecule has 27 heavy (non-hydrogen) atoms. The standard InChI is InChI=1S/C23H26N2O2/c1-16(23(27)25-13-11-24(2)12-14-25)18-9-10-21-19(15-18)8-7-17-5-3-4-6-20(17)22(21)26/h3-6,9-10,15-16H,7-8,11-14H2,1-2H3. The first-order chi connectivity index (χ1) is 13.0. The van der Waals surface area contributed by atoms with Crippen molar-refractivity contribution in [3.05, 3.63) is 70.3 Å². The summed E-state index contributed by atoms with van der Waals surface area (Å²) in [5.74, 6) is 0.105. The molecular formula is C23H26N2O2. The topological polar surface area (TPSA) is 40.6 Å².